The van der Waals surface area contributed by atoms with Gasteiger partial charge in [0.2, 0.25) is 0 Å². The minimum absolute atomic E-state index is 0.125. The van der Waals surface area contributed by atoms with Crippen molar-refractivity contribution in [3.05, 3.63) is 72.3 Å². The van der Waals surface area contributed by atoms with Gasteiger partial charge in [0.15, 0.2) is 11.5 Å². The number of amides is 3. The molecule has 9 heteroatoms. The molecule has 2 fully saturated rings. The van der Waals surface area contributed by atoms with E-state index in [4.69, 9.17) is 14.2 Å². The molecule has 2 atom stereocenters. The highest BCUT2D eigenvalue weighted by molar-refractivity contribution is 6.04. The molecule has 0 saturated carbocycles. The van der Waals surface area contributed by atoms with Crippen LogP contribution in [0.3, 0.4) is 0 Å². The number of anilines is 2. The first kappa shape index (κ1) is 32.2. The van der Waals surface area contributed by atoms with Crippen LogP contribution < -0.4 is 30.2 Å². The minimum atomic E-state index is -0.259. The minimum Gasteiger partial charge on any atom is -0.493 e. The molecule has 3 aromatic carbocycles. The Kier molecular flexibility index (Phi) is 10.5. The molecule has 2 aliphatic heterocycles. The monoisotopic (exact) mass is 614 g/mol. The number of nitrogens with one attached hydrogen (secondary N) is 3. The average Bonchev–Trinajstić information content (AvgIpc) is 3.32. The number of urea groups is 1. The van der Waals surface area contributed by atoms with E-state index in [1.165, 1.54) is 12.8 Å². The Morgan fingerprint density at radius 1 is 0.822 bits per heavy atom. The van der Waals surface area contributed by atoms with Crippen molar-refractivity contribution in [2.24, 2.45) is 0 Å². The van der Waals surface area contributed by atoms with Crippen LogP contribution >= 0.6 is 0 Å². The van der Waals surface area contributed by atoms with Gasteiger partial charge < -0.3 is 30.2 Å². The molecule has 2 heterocycles. The molecule has 0 aliphatic carbocycles. The van der Waals surface area contributed by atoms with Crippen molar-refractivity contribution < 1.29 is 23.8 Å². The van der Waals surface area contributed by atoms with Gasteiger partial charge in [-0.15, -0.1) is 0 Å². The zero-order valence-electron chi connectivity index (χ0n) is 27.0. The fourth-order valence-electron chi connectivity index (χ4n) is 6.59. The third kappa shape index (κ3) is 8.08. The van der Waals surface area contributed by atoms with E-state index >= 15 is 0 Å². The number of methoxy groups -OCH3 is 1. The van der Waals surface area contributed by atoms with Crippen molar-refractivity contribution >= 4 is 23.3 Å². The van der Waals surface area contributed by atoms with Gasteiger partial charge in [0, 0.05) is 47.2 Å². The third-order valence-electron chi connectivity index (χ3n) is 8.84. The predicted molar refractivity (Wildman–Crippen MR) is 178 cm³/mol. The van der Waals surface area contributed by atoms with Crippen molar-refractivity contribution in [2.75, 3.05) is 17.7 Å². The van der Waals surface area contributed by atoms with Gasteiger partial charge in [-0.1, -0.05) is 13.8 Å². The number of hydrogen-bond acceptors (Lipinski definition) is 6. The van der Waals surface area contributed by atoms with Crippen LogP contribution in [0.5, 0.6) is 23.0 Å². The normalized spacial score (nSPS) is 19.3. The van der Waals surface area contributed by atoms with Gasteiger partial charge in [-0.3, -0.25) is 9.69 Å². The number of nitrogens with zero attached hydrogens (tertiary/aromatic N) is 1. The van der Waals surface area contributed by atoms with Crippen LogP contribution in [0.2, 0.25) is 0 Å². The molecular formula is C36H46N4O5. The number of fused-ring (bicyclic) bond motifs is 2. The SMILES string of the molecule is CCC(CC)NC(=O)Nc1ccc(Oc2ccc(NC(=O)c3ccc(OC4CC5CCC(C4)N5C(C)C)cc3)cc2)c(OC)c1. The smallest absolute Gasteiger partial charge is 0.319 e. The second kappa shape index (κ2) is 14.7. The Bertz CT molecular complexity index is 1420. The van der Waals surface area contributed by atoms with Crippen LogP contribution in [0.4, 0.5) is 16.2 Å². The van der Waals surface area contributed by atoms with Gasteiger partial charge in [0.05, 0.1) is 7.11 Å². The summed E-state index contributed by atoms with van der Waals surface area (Å²) in [6.45, 7) is 8.65. The van der Waals surface area contributed by atoms with Crippen molar-refractivity contribution in [1.82, 2.24) is 10.2 Å². The van der Waals surface area contributed by atoms with Crippen LogP contribution in [0, 0.1) is 0 Å². The molecule has 5 rings (SSSR count). The molecule has 3 aromatic rings. The Hall–Kier alpha value is -4.24. The maximum absolute atomic E-state index is 12.9. The summed E-state index contributed by atoms with van der Waals surface area (Å²) in [6, 6.07) is 21.4. The Morgan fingerprint density at radius 3 is 2.04 bits per heavy atom. The maximum Gasteiger partial charge on any atom is 0.319 e. The lowest BCUT2D eigenvalue weighted by Crippen LogP contribution is -2.49. The molecule has 0 radical (unpaired) electrons. The topological polar surface area (TPSA) is 101 Å². The number of hydrogen-bond donors (Lipinski definition) is 3. The summed E-state index contributed by atoms with van der Waals surface area (Å²) in [5, 5.41) is 8.74. The number of rotatable bonds is 12. The lowest BCUT2D eigenvalue weighted by molar-refractivity contribution is 0.0307. The first-order valence-electron chi connectivity index (χ1n) is 16.1. The van der Waals surface area contributed by atoms with E-state index in [9.17, 15) is 9.59 Å². The molecule has 2 aliphatic rings. The molecule has 2 unspecified atom stereocenters. The van der Waals surface area contributed by atoms with Gasteiger partial charge in [-0.25, -0.2) is 4.79 Å². The highest BCUT2D eigenvalue weighted by Gasteiger charge is 2.42. The van der Waals surface area contributed by atoms with E-state index in [-0.39, 0.29) is 24.1 Å². The summed E-state index contributed by atoms with van der Waals surface area (Å²) >= 11 is 0. The molecule has 9 nitrogen and oxygen atoms in total. The van der Waals surface area contributed by atoms with Crippen LogP contribution in [0.15, 0.2) is 66.7 Å². The Morgan fingerprint density at radius 2 is 1.44 bits per heavy atom. The maximum atomic E-state index is 12.9. The molecule has 2 saturated heterocycles. The number of ether oxygens (including phenoxy) is 3. The number of carbonyl (C=O) groups excluding carboxylic acids is 2. The summed E-state index contributed by atoms with van der Waals surface area (Å²) < 4.78 is 17.9. The van der Waals surface area contributed by atoms with Crippen LogP contribution in [0.1, 0.15) is 76.6 Å². The van der Waals surface area contributed by atoms with Crippen LogP contribution in [-0.4, -0.2) is 54.2 Å². The standard InChI is InChI=1S/C36H46N4O5/c1-6-25(7-2)38-36(42)39-27-12-19-33(34(20-27)43-5)45-31-17-10-26(11-18-31)37-35(41)24-8-15-30(16-9-24)44-32-21-28-13-14-29(22-32)40(28)23(3)4/h8-12,15-20,23,25,28-29,32H,6-7,13-14,21-22H2,1-5H3,(H,37,41)(H2,38,39,42). The highest BCUT2D eigenvalue weighted by atomic mass is 16.5. The molecule has 0 spiro atoms. The average molecular weight is 615 g/mol. The summed E-state index contributed by atoms with van der Waals surface area (Å²) in [5.74, 6) is 2.16. The molecular weight excluding hydrogens is 568 g/mol. The lowest BCUT2D eigenvalue weighted by Gasteiger charge is -2.41. The van der Waals surface area contributed by atoms with Crippen LogP contribution in [0.25, 0.3) is 0 Å². The van der Waals surface area contributed by atoms with E-state index in [1.54, 1.807) is 61.7 Å². The van der Waals surface area contributed by atoms with Gasteiger partial charge in [0.1, 0.15) is 17.6 Å². The number of piperidine rings is 1. The number of carbonyl (C=O) groups is 2. The first-order chi connectivity index (χ1) is 21.8. The van der Waals surface area contributed by atoms with Gasteiger partial charge in [-0.2, -0.15) is 0 Å². The zero-order valence-corrected chi connectivity index (χ0v) is 27.0. The molecule has 45 heavy (non-hydrogen) atoms. The van der Waals surface area contributed by atoms with E-state index in [0.717, 1.165) is 31.4 Å². The zero-order chi connectivity index (χ0) is 31.9. The fourth-order valence-corrected chi connectivity index (χ4v) is 6.59. The molecule has 3 N–H and O–H groups in total. The summed E-state index contributed by atoms with van der Waals surface area (Å²) in [5.41, 5.74) is 1.80. The summed E-state index contributed by atoms with van der Waals surface area (Å²) in [6.07, 6.45) is 6.58. The first-order valence-corrected chi connectivity index (χ1v) is 16.1. The third-order valence-corrected chi connectivity index (χ3v) is 8.84. The second-order valence-electron chi connectivity index (χ2n) is 12.2. The van der Waals surface area contributed by atoms with E-state index < -0.39 is 0 Å². The lowest BCUT2D eigenvalue weighted by atomic mass is 9.98. The number of benzene rings is 3. The van der Waals surface area contributed by atoms with Gasteiger partial charge in [0.25, 0.3) is 5.91 Å². The van der Waals surface area contributed by atoms with Crippen molar-refractivity contribution in [2.45, 2.75) is 96.5 Å². The van der Waals surface area contributed by atoms with E-state index in [2.05, 4.69) is 34.7 Å². The van der Waals surface area contributed by atoms with Crippen LogP contribution in [-0.2, 0) is 0 Å². The van der Waals surface area contributed by atoms with Gasteiger partial charge >= 0.3 is 6.03 Å². The van der Waals surface area contributed by atoms with Gasteiger partial charge in [-0.05, 0) is 113 Å². The summed E-state index contributed by atoms with van der Waals surface area (Å²) in [4.78, 5) is 27.9. The molecule has 2 bridgehead atoms. The Balaban J connectivity index is 1.12. The quantitative estimate of drug-likeness (QED) is 0.192. The van der Waals surface area contributed by atoms with Crippen molar-refractivity contribution in [3.63, 3.8) is 0 Å². The molecule has 240 valence electrons. The van der Waals surface area contributed by atoms with E-state index in [0.29, 0.717) is 52.3 Å². The molecule has 0 aromatic heterocycles. The highest BCUT2D eigenvalue weighted by Crippen LogP contribution is 2.39. The summed E-state index contributed by atoms with van der Waals surface area (Å²) in [7, 11) is 1.55. The van der Waals surface area contributed by atoms with E-state index in [1.807, 2.05) is 26.0 Å². The predicted octanol–water partition coefficient (Wildman–Crippen LogP) is 7.83. The second-order valence-corrected chi connectivity index (χ2v) is 12.2. The van der Waals surface area contributed by atoms with Crippen molar-refractivity contribution in [1.29, 1.82) is 0 Å². The molecule has 3 amide bonds. The van der Waals surface area contributed by atoms with Crippen molar-refractivity contribution in [3.8, 4) is 23.0 Å². The Labute approximate surface area is 266 Å². The fraction of sp³-hybridized carbons (Fsp3) is 0.444. The largest absolute Gasteiger partial charge is 0.493 e.